The van der Waals surface area contributed by atoms with Crippen LogP contribution in [0.1, 0.15) is 17.5 Å². The van der Waals surface area contributed by atoms with Crippen LogP contribution in [0.5, 0.6) is 0 Å². The lowest BCUT2D eigenvalue weighted by Crippen LogP contribution is -2.39. The van der Waals surface area contributed by atoms with Gasteiger partial charge in [0.1, 0.15) is 11.9 Å². The van der Waals surface area contributed by atoms with Crippen LogP contribution in [0, 0.1) is 5.82 Å². The number of thiocarbonyl (C=S) groups is 1. The molecule has 0 spiro atoms. The van der Waals surface area contributed by atoms with Crippen LogP contribution in [0.4, 0.5) is 10.1 Å². The van der Waals surface area contributed by atoms with Gasteiger partial charge < -0.3 is 10.2 Å². The molecule has 1 aliphatic heterocycles. The Bertz CT molecular complexity index is 1190. The highest BCUT2D eigenvalue weighted by atomic mass is 35.5. The van der Waals surface area contributed by atoms with Crippen molar-refractivity contribution < 1.29 is 14.0 Å². The number of hydrogen-bond acceptors (Lipinski definition) is 3. The Morgan fingerprint density at radius 1 is 0.914 bits per heavy atom. The fourth-order valence-electron chi connectivity index (χ4n) is 4.06. The highest BCUT2D eigenvalue weighted by Crippen LogP contribution is 2.23. The predicted octanol–water partition coefficient (Wildman–Crippen LogP) is 5.09. The number of hydrogen-bond donors (Lipinski definition) is 1. The number of benzene rings is 3. The number of rotatable bonds is 9. The molecule has 2 amide bonds. The summed E-state index contributed by atoms with van der Waals surface area (Å²) in [6.07, 6.45) is 1.25. The number of amides is 2. The Hall–Kier alpha value is -3.29. The van der Waals surface area contributed by atoms with Crippen molar-refractivity contribution in [2.75, 3.05) is 18.4 Å². The lowest BCUT2D eigenvalue weighted by Gasteiger charge is -2.24. The van der Waals surface area contributed by atoms with E-state index in [-0.39, 0.29) is 24.1 Å². The fraction of sp³-hybridized carbons (Fsp3) is 0.222. The second-order valence-electron chi connectivity index (χ2n) is 8.35. The van der Waals surface area contributed by atoms with E-state index in [1.165, 1.54) is 24.3 Å². The zero-order chi connectivity index (χ0) is 24.8. The topological polar surface area (TPSA) is 52.7 Å². The van der Waals surface area contributed by atoms with E-state index < -0.39 is 6.04 Å². The molecule has 4 rings (SSSR count). The molecule has 5 nitrogen and oxygen atoms in total. The van der Waals surface area contributed by atoms with Gasteiger partial charge in [-0.25, -0.2) is 4.39 Å². The molecule has 0 bridgehead atoms. The van der Waals surface area contributed by atoms with E-state index in [0.29, 0.717) is 41.8 Å². The Morgan fingerprint density at radius 2 is 1.54 bits per heavy atom. The van der Waals surface area contributed by atoms with Gasteiger partial charge in [-0.2, -0.15) is 0 Å². The summed E-state index contributed by atoms with van der Waals surface area (Å²) >= 11 is 11.7. The molecule has 0 saturated carbocycles. The SMILES string of the molecule is O=C(C[C@H]1C(=O)N(CCc2ccccc2)C(=S)N1CCc1ccc(Cl)cc1)Nc1ccc(F)cc1. The van der Waals surface area contributed by atoms with Gasteiger partial charge in [0.05, 0.1) is 6.42 Å². The zero-order valence-corrected chi connectivity index (χ0v) is 20.6. The Balaban J connectivity index is 1.47. The first kappa shape index (κ1) is 24.8. The molecule has 180 valence electrons. The van der Waals surface area contributed by atoms with E-state index in [0.717, 1.165) is 11.1 Å². The highest BCUT2D eigenvalue weighted by molar-refractivity contribution is 7.80. The Labute approximate surface area is 214 Å². The number of carbonyl (C=O) groups is 2. The molecule has 1 saturated heterocycles. The third-order valence-corrected chi connectivity index (χ3v) is 6.64. The molecule has 1 atom stereocenters. The van der Waals surface area contributed by atoms with Gasteiger partial charge >= 0.3 is 0 Å². The summed E-state index contributed by atoms with van der Waals surface area (Å²) in [5, 5.41) is 3.83. The normalized spacial score (nSPS) is 15.5. The van der Waals surface area contributed by atoms with Crippen LogP contribution in [0.25, 0.3) is 0 Å². The summed E-state index contributed by atoms with van der Waals surface area (Å²) in [4.78, 5) is 29.6. The minimum Gasteiger partial charge on any atom is -0.336 e. The van der Waals surface area contributed by atoms with Gasteiger partial charge in [-0.1, -0.05) is 54.1 Å². The van der Waals surface area contributed by atoms with Gasteiger partial charge in [0.2, 0.25) is 5.91 Å². The third-order valence-electron chi connectivity index (χ3n) is 5.93. The van der Waals surface area contributed by atoms with Crippen LogP contribution in [0.15, 0.2) is 78.9 Å². The molecule has 1 N–H and O–H groups in total. The first-order chi connectivity index (χ1) is 16.9. The molecular weight excluding hydrogens is 485 g/mol. The molecule has 1 fully saturated rings. The zero-order valence-electron chi connectivity index (χ0n) is 19.0. The summed E-state index contributed by atoms with van der Waals surface area (Å²) in [5.74, 6) is -0.905. The van der Waals surface area contributed by atoms with Crippen molar-refractivity contribution in [1.82, 2.24) is 9.80 Å². The minimum atomic E-state index is -0.703. The monoisotopic (exact) mass is 509 g/mol. The first-order valence-electron chi connectivity index (χ1n) is 11.4. The molecule has 0 aliphatic carbocycles. The number of halogens is 2. The van der Waals surface area contributed by atoms with Crippen molar-refractivity contribution in [3.63, 3.8) is 0 Å². The average Bonchev–Trinajstić information content (AvgIpc) is 3.07. The van der Waals surface area contributed by atoms with Crippen molar-refractivity contribution in [2.45, 2.75) is 25.3 Å². The van der Waals surface area contributed by atoms with Gasteiger partial charge in [-0.15, -0.1) is 0 Å². The maximum absolute atomic E-state index is 13.4. The predicted molar refractivity (Wildman–Crippen MR) is 140 cm³/mol. The van der Waals surface area contributed by atoms with E-state index in [2.05, 4.69) is 5.32 Å². The Morgan fingerprint density at radius 3 is 2.23 bits per heavy atom. The second kappa shape index (κ2) is 11.4. The summed E-state index contributed by atoms with van der Waals surface area (Å²) in [6.45, 7) is 0.928. The largest absolute Gasteiger partial charge is 0.336 e. The van der Waals surface area contributed by atoms with E-state index in [1.807, 2.05) is 59.5 Å². The molecule has 3 aromatic rings. The Kier molecular flexibility index (Phi) is 8.10. The van der Waals surface area contributed by atoms with Crippen molar-refractivity contribution in [1.29, 1.82) is 0 Å². The van der Waals surface area contributed by atoms with E-state index in [1.54, 1.807) is 4.90 Å². The smallest absolute Gasteiger partial charge is 0.252 e. The molecule has 35 heavy (non-hydrogen) atoms. The number of nitrogens with one attached hydrogen (secondary N) is 1. The van der Waals surface area contributed by atoms with Crippen molar-refractivity contribution in [2.24, 2.45) is 0 Å². The quantitative estimate of drug-likeness (QED) is 0.408. The second-order valence-corrected chi connectivity index (χ2v) is 9.15. The van der Waals surface area contributed by atoms with Gasteiger partial charge in [0.25, 0.3) is 5.91 Å². The summed E-state index contributed by atoms with van der Waals surface area (Å²) in [7, 11) is 0. The number of nitrogens with zero attached hydrogens (tertiary/aromatic N) is 2. The van der Waals surface area contributed by atoms with E-state index >= 15 is 0 Å². The van der Waals surface area contributed by atoms with Crippen molar-refractivity contribution in [3.8, 4) is 0 Å². The molecule has 0 radical (unpaired) electrons. The summed E-state index contributed by atoms with van der Waals surface area (Å²) < 4.78 is 13.2. The van der Waals surface area contributed by atoms with Crippen LogP contribution in [-0.2, 0) is 22.4 Å². The van der Waals surface area contributed by atoms with Crippen LogP contribution in [0.2, 0.25) is 5.02 Å². The van der Waals surface area contributed by atoms with Gasteiger partial charge in [0, 0.05) is 23.8 Å². The summed E-state index contributed by atoms with van der Waals surface area (Å²) in [5.41, 5.74) is 2.63. The van der Waals surface area contributed by atoms with Crippen molar-refractivity contribution in [3.05, 3.63) is 101 Å². The molecule has 0 unspecified atom stereocenters. The molecular formula is C27H25ClFN3O2S. The van der Waals surface area contributed by atoms with Crippen molar-refractivity contribution >= 4 is 46.4 Å². The number of carbonyl (C=O) groups excluding carboxylic acids is 2. The summed E-state index contributed by atoms with van der Waals surface area (Å²) in [6, 6.07) is 22.2. The first-order valence-corrected chi connectivity index (χ1v) is 12.1. The van der Waals surface area contributed by atoms with Crippen LogP contribution < -0.4 is 5.32 Å². The van der Waals surface area contributed by atoms with Gasteiger partial charge in [-0.05, 0) is 72.6 Å². The molecule has 3 aromatic carbocycles. The standard InChI is InChI=1S/C27H25ClFN3O2S/c28-21-8-6-20(7-9-21)14-16-31-24(18-25(33)30-23-12-10-22(29)11-13-23)26(34)32(27(31)35)17-15-19-4-2-1-3-5-19/h1-13,24H,14-18H2,(H,30,33)/t24-/m0/s1. The molecule has 1 heterocycles. The molecule has 1 aliphatic rings. The molecule has 0 aromatic heterocycles. The highest BCUT2D eigenvalue weighted by Gasteiger charge is 2.42. The molecule has 8 heteroatoms. The van der Waals surface area contributed by atoms with Gasteiger partial charge in [0.15, 0.2) is 5.11 Å². The van der Waals surface area contributed by atoms with E-state index in [9.17, 15) is 14.0 Å². The maximum Gasteiger partial charge on any atom is 0.252 e. The van der Waals surface area contributed by atoms with E-state index in [4.69, 9.17) is 23.8 Å². The van der Waals surface area contributed by atoms with Crippen LogP contribution >= 0.6 is 23.8 Å². The fourth-order valence-corrected chi connectivity index (χ4v) is 4.58. The van der Waals surface area contributed by atoms with Crippen LogP contribution in [-0.4, -0.2) is 45.9 Å². The van der Waals surface area contributed by atoms with Crippen LogP contribution in [0.3, 0.4) is 0 Å². The van der Waals surface area contributed by atoms with Gasteiger partial charge in [-0.3, -0.25) is 14.5 Å². The maximum atomic E-state index is 13.4. The average molecular weight is 510 g/mol. The third kappa shape index (κ3) is 6.44. The lowest BCUT2D eigenvalue weighted by molar-refractivity contribution is -0.130. The lowest BCUT2D eigenvalue weighted by atomic mass is 10.1. The minimum absolute atomic E-state index is 0.0567. The number of anilines is 1.